The number of anilines is 2. The lowest BCUT2D eigenvalue weighted by Crippen LogP contribution is -2.55. The molecule has 2 aliphatic rings. The number of aromatic nitrogens is 2. The number of nitrogens with one attached hydrogen (secondary N) is 2. The van der Waals surface area contributed by atoms with Crippen molar-refractivity contribution in [2.75, 3.05) is 18.4 Å². The van der Waals surface area contributed by atoms with Gasteiger partial charge in [-0.05, 0) is 37.1 Å². The number of nitrogens with two attached hydrogens (primary N) is 1. The Kier molecular flexibility index (Phi) is 6.14. The average Bonchev–Trinajstić information content (AvgIpc) is 3.14. The van der Waals surface area contributed by atoms with Gasteiger partial charge >= 0.3 is 5.51 Å². The summed E-state index contributed by atoms with van der Waals surface area (Å²) >= 11 is 0. The summed E-state index contributed by atoms with van der Waals surface area (Å²) in [4.78, 5) is 13.0. The van der Waals surface area contributed by atoms with Crippen LogP contribution in [0, 0.1) is 5.41 Å². The van der Waals surface area contributed by atoms with Gasteiger partial charge in [0.05, 0.1) is 10.9 Å². The molecule has 34 heavy (non-hydrogen) atoms. The molecule has 1 amide bonds. The van der Waals surface area contributed by atoms with Crippen molar-refractivity contribution in [1.29, 1.82) is 5.41 Å². The van der Waals surface area contributed by atoms with Gasteiger partial charge in [-0.2, -0.15) is 18.3 Å². The van der Waals surface area contributed by atoms with E-state index in [-0.39, 0.29) is 23.1 Å². The number of carbonyl (C=O) groups excluding carboxylic acids is 1. The summed E-state index contributed by atoms with van der Waals surface area (Å²) in [5.74, 6) is -0.781. The first-order chi connectivity index (χ1) is 15.9. The average molecular weight is 502 g/mol. The summed E-state index contributed by atoms with van der Waals surface area (Å²) in [5.41, 5.74) is 0.590. The molecule has 0 radical (unpaired) electrons. The monoisotopic (exact) mass is 502 g/mol. The lowest BCUT2D eigenvalue weighted by molar-refractivity contribution is -0.0436. The third-order valence-corrected chi connectivity index (χ3v) is 7.56. The number of rotatable bonds is 6. The molecule has 1 aromatic carbocycles. The van der Waals surface area contributed by atoms with Crippen LogP contribution >= 0.6 is 0 Å². The fourth-order valence-electron chi connectivity index (χ4n) is 4.19. The molecule has 1 saturated heterocycles. The first-order valence-corrected chi connectivity index (χ1v) is 11.9. The Balaban J connectivity index is 1.51. The third kappa shape index (κ3) is 4.51. The van der Waals surface area contributed by atoms with Gasteiger partial charge in [-0.3, -0.25) is 14.4 Å². The van der Waals surface area contributed by atoms with E-state index in [0.29, 0.717) is 31.6 Å². The highest BCUT2D eigenvalue weighted by atomic mass is 32.2. The molecule has 2 atom stereocenters. The van der Waals surface area contributed by atoms with Crippen LogP contribution in [0.3, 0.4) is 0 Å². The second kappa shape index (κ2) is 8.65. The fraction of sp³-hybridized carbons (Fsp3) is 0.450. The Hall–Kier alpha value is -3.00. The lowest BCUT2D eigenvalue weighted by Gasteiger charge is -2.43. The number of likely N-dealkylation sites (tertiary alicyclic amines) is 1. The number of nitrogens with zero attached hydrogens (tertiary/aromatic N) is 3. The Morgan fingerprint density at radius 2 is 1.82 bits per heavy atom. The number of hydrogen-bond acceptors (Lipinski definition) is 7. The number of halogens is 4. The van der Waals surface area contributed by atoms with Gasteiger partial charge in [-0.15, -0.1) is 0 Å². The van der Waals surface area contributed by atoms with Crippen LogP contribution in [0.2, 0.25) is 0 Å². The summed E-state index contributed by atoms with van der Waals surface area (Å²) in [6, 6.07) is 3.47. The Morgan fingerprint density at radius 1 is 1.18 bits per heavy atom. The van der Waals surface area contributed by atoms with Crippen LogP contribution in [0.15, 0.2) is 35.4 Å². The van der Waals surface area contributed by atoms with Crippen LogP contribution in [0.25, 0.3) is 0 Å². The SMILES string of the molecule is N=C1C[C@@H](N2CC(F)C2)CC[C@@H]1n1cc(C(N)=O)c(Nc2ccc(S(=O)(=O)C(F)(F)F)cc2)n1. The van der Waals surface area contributed by atoms with Gasteiger partial charge in [0.1, 0.15) is 11.7 Å². The van der Waals surface area contributed by atoms with Crippen LogP contribution in [-0.4, -0.2) is 65.5 Å². The van der Waals surface area contributed by atoms with Crippen LogP contribution < -0.4 is 11.1 Å². The van der Waals surface area contributed by atoms with E-state index >= 15 is 0 Å². The van der Waals surface area contributed by atoms with Crippen molar-refractivity contribution < 1.29 is 30.8 Å². The normalized spacial score (nSPS) is 22.4. The number of alkyl halides is 4. The molecule has 2 aromatic rings. The maximum Gasteiger partial charge on any atom is 0.501 e. The molecule has 4 N–H and O–H groups in total. The molecule has 14 heteroatoms. The highest BCUT2D eigenvalue weighted by molar-refractivity contribution is 7.92. The van der Waals surface area contributed by atoms with E-state index in [0.717, 1.165) is 30.7 Å². The largest absolute Gasteiger partial charge is 0.501 e. The van der Waals surface area contributed by atoms with Crippen molar-refractivity contribution in [2.24, 2.45) is 5.73 Å². The molecule has 0 spiro atoms. The van der Waals surface area contributed by atoms with Gasteiger partial charge in [0.15, 0.2) is 5.82 Å². The Labute approximate surface area is 192 Å². The lowest BCUT2D eigenvalue weighted by atomic mass is 9.87. The smallest absolute Gasteiger partial charge is 0.365 e. The number of benzene rings is 1. The highest BCUT2D eigenvalue weighted by Crippen LogP contribution is 2.33. The van der Waals surface area contributed by atoms with Gasteiger partial charge in [0.2, 0.25) is 0 Å². The van der Waals surface area contributed by atoms with Gasteiger partial charge < -0.3 is 16.5 Å². The van der Waals surface area contributed by atoms with E-state index in [1.54, 1.807) is 0 Å². The first kappa shape index (κ1) is 24.1. The molecule has 1 aliphatic carbocycles. The summed E-state index contributed by atoms with van der Waals surface area (Å²) in [7, 11) is -5.49. The standard InChI is InChI=1S/C20H22F4N6O3S/c21-11-8-29(9-11)13-3-6-17(16(25)7-13)30-10-15(18(26)31)19(28-30)27-12-1-4-14(5-2-12)34(32,33)20(22,23)24/h1-2,4-5,10-11,13,17,25H,3,6-9H2,(H2,26,31)(H,27,28)/t13-,17-/m0/s1. The number of sulfone groups is 1. The maximum absolute atomic E-state index is 13.2. The van der Waals surface area contributed by atoms with Gasteiger partial charge in [0.25, 0.3) is 15.7 Å². The van der Waals surface area contributed by atoms with Crippen molar-refractivity contribution in [1.82, 2.24) is 14.7 Å². The topological polar surface area (TPSA) is 134 Å². The summed E-state index contributed by atoms with van der Waals surface area (Å²) in [6.45, 7) is 0.737. The molecule has 0 bridgehead atoms. The molecule has 9 nitrogen and oxygen atoms in total. The zero-order chi connectivity index (χ0) is 24.8. The number of hydrogen-bond donors (Lipinski definition) is 3. The molecule has 1 aromatic heterocycles. The minimum Gasteiger partial charge on any atom is -0.365 e. The fourth-order valence-corrected chi connectivity index (χ4v) is 4.95. The predicted molar refractivity (Wildman–Crippen MR) is 115 cm³/mol. The minimum absolute atomic E-state index is 0.00456. The molecule has 1 aliphatic heterocycles. The van der Waals surface area contributed by atoms with E-state index in [1.807, 2.05) is 4.90 Å². The van der Waals surface area contributed by atoms with Gasteiger partial charge in [0, 0.05) is 43.1 Å². The quantitative estimate of drug-likeness (QED) is 0.520. The van der Waals surface area contributed by atoms with E-state index in [4.69, 9.17) is 11.1 Å². The summed E-state index contributed by atoms with van der Waals surface area (Å²) in [6.07, 6.45) is 2.30. The Bertz CT molecular complexity index is 1210. The molecule has 2 fully saturated rings. The molecule has 1 saturated carbocycles. The van der Waals surface area contributed by atoms with Crippen LogP contribution in [0.5, 0.6) is 0 Å². The number of primary amides is 1. The molecule has 0 unspecified atom stereocenters. The van der Waals surface area contributed by atoms with Gasteiger partial charge in [-0.25, -0.2) is 12.8 Å². The molecule has 4 rings (SSSR count). The van der Waals surface area contributed by atoms with Crippen molar-refractivity contribution in [3.63, 3.8) is 0 Å². The van der Waals surface area contributed by atoms with Gasteiger partial charge in [-0.1, -0.05) is 0 Å². The maximum atomic E-state index is 13.2. The highest BCUT2D eigenvalue weighted by Gasteiger charge is 2.46. The predicted octanol–water partition coefficient (Wildman–Crippen LogP) is 2.79. The van der Waals surface area contributed by atoms with E-state index in [9.17, 15) is 30.8 Å². The van der Waals surface area contributed by atoms with Crippen LogP contribution in [0.1, 0.15) is 35.7 Å². The van der Waals surface area contributed by atoms with E-state index < -0.39 is 38.4 Å². The summed E-state index contributed by atoms with van der Waals surface area (Å²) < 4.78 is 75.8. The molecule has 184 valence electrons. The van der Waals surface area contributed by atoms with Crippen molar-refractivity contribution in [3.8, 4) is 0 Å². The van der Waals surface area contributed by atoms with Crippen molar-refractivity contribution >= 4 is 33.0 Å². The first-order valence-electron chi connectivity index (χ1n) is 10.4. The van der Waals surface area contributed by atoms with E-state index in [1.165, 1.54) is 10.9 Å². The summed E-state index contributed by atoms with van der Waals surface area (Å²) in [5, 5.41) is 15.5. The zero-order valence-electron chi connectivity index (χ0n) is 17.7. The van der Waals surface area contributed by atoms with Crippen LogP contribution in [-0.2, 0) is 9.84 Å². The molecule has 2 heterocycles. The molecular weight excluding hydrogens is 480 g/mol. The zero-order valence-corrected chi connectivity index (χ0v) is 18.5. The molecular formula is C20H22F4N6O3S. The second-order valence-corrected chi connectivity index (χ2v) is 10.3. The van der Waals surface area contributed by atoms with Crippen molar-refractivity contribution in [2.45, 2.75) is 47.9 Å². The van der Waals surface area contributed by atoms with E-state index in [2.05, 4.69) is 10.4 Å². The van der Waals surface area contributed by atoms with Crippen LogP contribution in [0.4, 0.5) is 29.1 Å². The third-order valence-electron chi connectivity index (χ3n) is 6.06. The van der Waals surface area contributed by atoms with Crippen molar-refractivity contribution in [3.05, 3.63) is 36.0 Å². The minimum atomic E-state index is -5.49. The number of amides is 1. The second-order valence-electron chi connectivity index (χ2n) is 8.36. The number of carbonyl (C=O) groups is 1. The Morgan fingerprint density at radius 3 is 2.35 bits per heavy atom.